The van der Waals surface area contributed by atoms with Crippen LogP contribution in [0.5, 0.6) is 5.75 Å². The average molecular weight is 535 g/mol. The van der Waals surface area contributed by atoms with E-state index in [1.54, 1.807) is 6.34 Å². The normalized spacial score (nSPS) is 17.4. The Kier molecular flexibility index (Phi) is 8.51. The fraction of sp³-hybridized carbons (Fsp3) is 0.333. The van der Waals surface area contributed by atoms with E-state index in [0.29, 0.717) is 5.92 Å². The second kappa shape index (κ2) is 12.9. The Morgan fingerprint density at radius 2 is 1.77 bits per heavy atom. The number of aliphatic imine (C=N–C) groups is 1. The number of fused-ring (bicyclic) bond motifs is 2. The lowest BCUT2D eigenvalue weighted by molar-refractivity contribution is 0.144. The summed E-state index contributed by atoms with van der Waals surface area (Å²) in [4.78, 5) is 11.6. The van der Waals surface area contributed by atoms with Gasteiger partial charge >= 0.3 is 0 Å². The van der Waals surface area contributed by atoms with Crippen LogP contribution in [-0.4, -0.2) is 55.6 Å². The number of benzene rings is 3. The number of aromatic nitrogens is 1. The van der Waals surface area contributed by atoms with Gasteiger partial charge in [-0.2, -0.15) is 0 Å². The molecule has 1 aromatic heterocycles. The molecule has 0 aliphatic carbocycles. The van der Waals surface area contributed by atoms with E-state index >= 15 is 0 Å². The molecule has 7 heteroatoms. The first kappa shape index (κ1) is 26.3. The molecule has 7 nitrogen and oxygen atoms in total. The van der Waals surface area contributed by atoms with E-state index in [4.69, 9.17) is 4.74 Å². The Hall–Kier alpha value is -3.94. The van der Waals surface area contributed by atoms with Crippen molar-refractivity contribution in [1.29, 1.82) is 0 Å². The van der Waals surface area contributed by atoms with Gasteiger partial charge in [0.15, 0.2) is 0 Å². The molecule has 4 aromatic rings. The number of piperidine rings is 1. The Balaban J connectivity index is 0.927. The molecule has 0 bridgehead atoms. The lowest BCUT2D eigenvalue weighted by atomic mass is 9.98. The molecular weight excluding hydrogens is 496 g/mol. The van der Waals surface area contributed by atoms with E-state index < -0.39 is 0 Å². The predicted molar refractivity (Wildman–Crippen MR) is 164 cm³/mol. The SMILES string of the molecule is C1=Nc2cc(OCC3CCN(CCNc4ccnc5ccccc45)CC3)ccc2C(NCCc2ccccc2)N1. The standard InChI is InChI=1S/C33H38N6O/c1-2-6-25(7-3-1)12-16-36-33-29-11-10-27(22-32(29)37-24-38-33)40-23-26-14-19-39(20-15-26)21-18-35-31-13-17-34-30-9-5-4-8-28(30)31/h1-11,13,17,22,24,26,33,36H,12,14-16,18-21,23H2,(H,34,35)(H,37,38). The van der Waals surface area contributed by atoms with E-state index in [9.17, 15) is 0 Å². The summed E-state index contributed by atoms with van der Waals surface area (Å²) in [5, 5.41) is 11.7. The Bertz CT molecular complexity index is 1410. The van der Waals surface area contributed by atoms with Gasteiger partial charge in [0.2, 0.25) is 0 Å². The zero-order valence-electron chi connectivity index (χ0n) is 22.9. The predicted octanol–water partition coefficient (Wildman–Crippen LogP) is 5.53. The Morgan fingerprint density at radius 1 is 0.925 bits per heavy atom. The summed E-state index contributed by atoms with van der Waals surface area (Å²) in [6, 6.07) is 27.2. The maximum absolute atomic E-state index is 6.25. The molecule has 1 fully saturated rings. The minimum Gasteiger partial charge on any atom is -0.493 e. The molecule has 1 unspecified atom stereocenters. The van der Waals surface area contributed by atoms with Gasteiger partial charge in [-0.3, -0.25) is 10.3 Å². The van der Waals surface area contributed by atoms with E-state index in [-0.39, 0.29) is 6.17 Å². The zero-order valence-corrected chi connectivity index (χ0v) is 22.9. The van der Waals surface area contributed by atoms with E-state index in [1.165, 1.54) is 23.8 Å². The molecular formula is C33H38N6O. The summed E-state index contributed by atoms with van der Waals surface area (Å²) < 4.78 is 6.25. The highest BCUT2D eigenvalue weighted by atomic mass is 16.5. The number of anilines is 1. The van der Waals surface area contributed by atoms with Crippen molar-refractivity contribution in [2.45, 2.75) is 25.4 Å². The van der Waals surface area contributed by atoms with Crippen LogP contribution in [0.15, 0.2) is 90.1 Å². The van der Waals surface area contributed by atoms with Gasteiger partial charge in [0, 0.05) is 48.5 Å². The van der Waals surface area contributed by atoms with Crippen molar-refractivity contribution in [2.24, 2.45) is 10.9 Å². The van der Waals surface area contributed by atoms with Crippen LogP contribution in [0.25, 0.3) is 10.9 Å². The average Bonchev–Trinajstić information content (AvgIpc) is 3.01. The first-order chi connectivity index (χ1) is 19.8. The van der Waals surface area contributed by atoms with Crippen LogP contribution in [0.2, 0.25) is 0 Å². The third-order valence-electron chi connectivity index (χ3n) is 7.95. The third-order valence-corrected chi connectivity index (χ3v) is 7.95. The van der Waals surface area contributed by atoms with Crippen molar-refractivity contribution in [3.63, 3.8) is 0 Å². The maximum Gasteiger partial charge on any atom is 0.121 e. The zero-order chi connectivity index (χ0) is 27.0. The molecule has 1 atom stereocenters. The largest absolute Gasteiger partial charge is 0.493 e. The number of ether oxygens (including phenoxy) is 1. The second-order valence-electron chi connectivity index (χ2n) is 10.7. The molecule has 6 rings (SSSR count). The van der Waals surface area contributed by atoms with Crippen LogP contribution < -0.4 is 20.7 Å². The molecule has 3 N–H and O–H groups in total. The Morgan fingerprint density at radius 3 is 2.67 bits per heavy atom. The van der Waals surface area contributed by atoms with Gasteiger partial charge in [-0.25, -0.2) is 4.99 Å². The van der Waals surface area contributed by atoms with Gasteiger partial charge in [-0.15, -0.1) is 0 Å². The van der Waals surface area contributed by atoms with E-state index in [0.717, 1.165) is 74.0 Å². The van der Waals surface area contributed by atoms with Gasteiger partial charge in [-0.1, -0.05) is 48.5 Å². The first-order valence-electron chi connectivity index (χ1n) is 14.4. The highest BCUT2D eigenvalue weighted by Gasteiger charge is 2.21. The summed E-state index contributed by atoms with van der Waals surface area (Å²) >= 11 is 0. The molecule has 3 heterocycles. The van der Waals surface area contributed by atoms with Gasteiger partial charge in [0.05, 0.1) is 24.1 Å². The van der Waals surface area contributed by atoms with Crippen molar-refractivity contribution in [3.05, 3.63) is 96.2 Å². The van der Waals surface area contributed by atoms with Gasteiger partial charge < -0.3 is 20.3 Å². The summed E-state index contributed by atoms with van der Waals surface area (Å²) in [5.41, 5.74) is 5.66. The molecule has 2 aliphatic rings. The summed E-state index contributed by atoms with van der Waals surface area (Å²) in [7, 11) is 0. The topological polar surface area (TPSA) is 73.8 Å². The summed E-state index contributed by atoms with van der Waals surface area (Å²) in [6.07, 6.45) is 7.04. The number of rotatable bonds is 11. The fourth-order valence-electron chi connectivity index (χ4n) is 5.60. The highest BCUT2D eigenvalue weighted by Crippen LogP contribution is 2.31. The van der Waals surface area contributed by atoms with Crippen LogP contribution >= 0.6 is 0 Å². The molecule has 0 radical (unpaired) electrons. The van der Waals surface area contributed by atoms with Crippen molar-refractivity contribution in [2.75, 3.05) is 44.6 Å². The molecule has 0 saturated carbocycles. The number of hydrogen-bond acceptors (Lipinski definition) is 7. The smallest absolute Gasteiger partial charge is 0.121 e. The van der Waals surface area contributed by atoms with E-state index in [2.05, 4.69) is 104 Å². The van der Waals surface area contributed by atoms with Crippen molar-refractivity contribution in [3.8, 4) is 5.75 Å². The molecule has 206 valence electrons. The fourth-order valence-corrected chi connectivity index (χ4v) is 5.60. The Labute approximate surface area is 236 Å². The molecule has 3 aromatic carbocycles. The van der Waals surface area contributed by atoms with Crippen molar-refractivity contribution >= 4 is 28.6 Å². The first-order valence-corrected chi connectivity index (χ1v) is 14.4. The van der Waals surface area contributed by atoms with Crippen LogP contribution in [0.1, 0.15) is 30.1 Å². The number of nitrogens with one attached hydrogen (secondary N) is 3. The quantitative estimate of drug-likeness (QED) is 0.235. The van der Waals surface area contributed by atoms with Gasteiger partial charge in [-0.05, 0) is 68.1 Å². The summed E-state index contributed by atoms with van der Waals surface area (Å²) in [6.45, 7) is 5.85. The van der Waals surface area contributed by atoms with E-state index in [1.807, 2.05) is 12.3 Å². The van der Waals surface area contributed by atoms with Gasteiger partial charge in [0.25, 0.3) is 0 Å². The number of para-hydroxylation sites is 1. The van der Waals surface area contributed by atoms with Crippen LogP contribution in [0.4, 0.5) is 11.4 Å². The van der Waals surface area contributed by atoms with Crippen molar-refractivity contribution < 1.29 is 4.74 Å². The van der Waals surface area contributed by atoms with Crippen molar-refractivity contribution in [1.82, 2.24) is 20.5 Å². The monoisotopic (exact) mass is 534 g/mol. The number of pyridine rings is 1. The van der Waals surface area contributed by atoms with Crippen LogP contribution in [0.3, 0.4) is 0 Å². The maximum atomic E-state index is 6.25. The van der Waals surface area contributed by atoms with Crippen LogP contribution in [-0.2, 0) is 6.42 Å². The number of likely N-dealkylation sites (tertiary alicyclic amines) is 1. The third kappa shape index (κ3) is 6.61. The molecule has 0 amide bonds. The minimum absolute atomic E-state index is 0.0568. The second-order valence-corrected chi connectivity index (χ2v) is 10.7. The molecule has 40 heavy (non-hydrogen) atoms. The minimum atomic E-state index is 0.0568. The number of hydrogen-bond donors (Lipinski definition) is 3. The lowest BCUT2D eigenvalue weighted by Gasteiger charge is -2.32. The molecule has 0 spiro atoms. The van der Waals surface area contributed by atoms with Crippen LogP contribution in [0, 0.1) is 5.92 Å². The summed E-state index contributed by atoms with van der Waals surface area (Å²) in [5.74, 6) is 1.49. The molecule has 1 saturated heterocycles. The number of nitrogens with zero attached hydrogens (tertiary/aromatic N) is 3. The molecule has 2 aliphatic heterocycles. The van der Waals surface area contributed by atoms with Gasteiger partial charge in [0.1, 0.15) is 11.9 Å². The highest BCUT2D eigenvalue weighted by molar-refractivity contribution is 5.90. The lowest BCUT2D eigenvalue weighted by Crippen LogP contribution is -2.38.